The molecule has 1 aliphatic heterocycles. The molecular weight excluding hydrogens is 202 g/mol. The van der Waals surface area contributed by atoms with Crippen molar-refractivity contribution in [3.05, 3.63) is 30.2 Å². The third kappa shape index (κ3) is 2.07. The van der Waals surface area contributed by atoms with Crippen LogP contribution in [0.4, 0.5) is 5.82 Å². The molecule has 1 saturated heterocycles. The van der Waals surface area contributed by atoms with Gasteiger partial charge in [-0.1, -0.05) is 6.08 Å². The zero-order chi connectivity index (χ0) is 11.5. The van der Waals surface area contributed by atoms with E-state index < -0.39 is 0 Å². The van der Waals surface area contributed by atoms with Crippen molar-refractivity contribution < 1.29 is 5.11 Å². The third-order valence-electron chi connectivity index (χ3n) is 2.89. The molecule has 2 heterocycles. The van der Waals surface area contributed by atoms with Crippen LogP contribution in [0, 0.1) is 6.92 Å². The Morgan fingerprint density at radius 1 is 1.62 bits per heavy atom. The second-order valence-electron chi connectivity index (χ2n) is 4.08. The molecule has 1 fully saturated rings. The van der Waals surface area contributed by atoms with Gasteiger partial charge in [-0.15, -0.1) is 6.58 Å². The lowest BCUT2D eigenvalue weighted by Crippen LogP contribution is -2.28. The minimum absolute atomic E-state index is 0.110. The second-order valence-corrected chi connectivity index (χ2v) is 4.08. The first kappa shape index (κ1) is 11.1. The van der Waals surface area contributed by atoms with E-state index in [9.17, 15) is 0 Å². The van der Waals surface area contributed by atoms with Crippen LogP contribution >= 0.6 is 0 Å². The fraction of sp³-hybridized carbons (Fsp3) is 0.500. The smallest absolute Gasteiger partial charge is 0.156 e. The lowest BCUT2D eigenvalue weighted by atomic mass is 10.2. The number of anilines is 1. The first-order valence-corrected chi connectivity index (χ1v) is 5.59. The average Bonchev–Trinajstić information content (AvgIpc) is 2.76. The van der Waals surface area contributed by atoms with E-state index >= 15 is 0 Å². The molecule has 1 aliphatic rings. The molecule has 0 amide bonds. The Hall–Kier alpha value is -1.42. The predicted octanol–water partition coefficient (Wildman–Crippen LogP) is 1.43. The van der Waals surface area contributed by atoms with Gasteiger partial charge in [0.15, 0.2) is 5.82 Å². The highest BCUT2D eigenvalue weighted by Crippen LogP contribution is 2.24. The SMILES string of the molecule is C=CC1CCCN1c1cc(C)nc(CO)n1. The summed E-state index contributed by atoms with van der Waals surface area (Å²) in [7, 11) is 0. The summed E-state index contributed by atoms with van der Waals surface area (Å²) >= 11 is 0. The Kier molecular flexibility index (Phi) is 3.19. The van der Waals surface area contributed by atoms with Gasteiger partial charge in [0.2, 0.25) is 0 Å². The number of aliphatic hydroxyl groups is 1. The van der Waals surface area contributed by atoms with Crippen LogP contribution < -0.4 is 4.90 Å². The highest BCUT2D eigenvalue weighted by Gasteiger charge is 2.23. The average molecular weight is 219 g/mol. The van der Waals surface area contributed by atoms with Crippen LogP contribution in [0.25, 0.3) is 0 Å². The summed E-state index contributed by atoms with van der Waals surface area (Å²) in [4.78, 5) is 10.7. The Morgan fingerprint density at radius 2 is 2.44 bits per heavy atom. The topological polar surface area (TPSA) is 49.2 Å². The molecule has 1 aromatic rings. The predicted molar refractivity (Wildman–Crippen MR) is 63.3 cm³/mol. The normalized spacial score (nSPS) is 20.1. The van der Waals surface area contributed by atoms with Crippen LogP contribution in [0.1, 0.15) is 24.4 Å². The summed E-state index contributed by atoms with van der Waals surface area (Å²) in [6, 6.07) is 2.32. The number of aromatic nitrogens is 2. The third-order valence-corrected chi connectivity index (χ3v) is 2.89. The van der Waals surface area contributed by atoms with Gasteiger partial charge in [-0.3, -0.25) is 0 Å². The number of hydrogen-bond donors (Lipinski definition) is 1. The van der Waals surface area contributed by atoms with Gasteiger partial charge < -0.3 is 10.0 Å². The van der Waals surface area contributed by atoms with Crippen LogP contribution in [0.5, 0.6) is 0 Å². The highest BCUT2D eigenvalue weighted by molar-refractivity contribution is 5.43. The quantitative estimate of drug-likeness (QED) is 0.781. The van der Waals surface area contributed by atoms with Crippen molar-refractivity contribution in [1.29, 1.82) is 0 Å². The summed E-state index contributed by atoms with van der Waals surface area (Å²) in [6.45, 7) is 6.66. The van der Waals surface area contributed by atoms with E-state index in [0.717, 1.165) is 30.9 Å². The van der Waals surface area contributed by atoms with Crippen molar-refractivity contribution in [2.75, 3.05) is 11.4 Å². The fourth-order valence-electron chi connectivity index (χ4n) is 2.15. The van der Waals surface area contributed by atoms with E-state index in [0.29, 0.717) is 11.9 Å². The van der Waals surface area contributed by atoms with Gasteiger partial charge in [-0.2, -0.15) is 0 Å². The fourth-order valence-corrected chi connectivity index (χ4v) is 2.15. The molecule has 0 aliphatic carbocycles. The molecule has 1 aromatic heterocycles. The summed E-state index contributed by atoms with van der Waals surface area (Å²) < 4.78 is 0. The largest absolute Gasteiger partial charge is 0.388 e. The van der Waals surface area contributed by atoms with Gasteiger partial charge in [0, 0.05) is 24.3 Å². The van der Waals surface area contributed by atoms with Crippen molar-refractivity contribution in [2.45, 2.75) is 32.4 Å². The zero-order valence-corrected chi connectivity index (χ0v) is 9.56. The molecule has 1 unspecified atom stereocenters. The summed E-state index contributed by atoms with van der Waals surface area (Å²) in [5, 5.41) is 9.09. The maximum Gasteiger partial charge on any atom is 0.156 e. The van der Waals surface area contributed by atoms with Crippen molar-refractivity contribution in [1.82, 2.24) is 9.97 Å². The van der Waals surface area contributed by atoms with E-state index in [2.05, 4.69) is 21.4 Å². The summed E-state index contributed by atoms with van der Waals surface area (Å²) in [5.74, 6) is 1.39. The highest BCUT2D eigenvalue weighted by atomic mass is 16.3. The molecule has 4 nitrogen and oxygen atoms in total. The van der Waals surface area contributed by atoms with Crippen LogP contribution in [0.15, 0.2) is 18.7 Å². The minimum Gasteiger partial charge on any atom is -0.388 e. The zero-order valence-electron chi connectivity index (χ0n) is 9.56. The molecular formula is C12H17N3O. The van der Waals surface area contributed by atoms with Gasteiger partial charge in [0.1, 0.15) is 12.4 Å². The first-order chi connectivity index (χ1) is 7.74. The van der Waals surface area contributed by atoms with Crippen LogP contribution in [-0.4, -0.2) is 27.7 Å². The number of aryl methyl sites for hydroxylation is 1. The molecule has 4 heteroatoms. The molecule has 16 heavy (non-hydrogen) atoms. The molecule has 0 spiro atoms. The van der Waals surface area contributed by atoms with E-state index in [1.807, 2.05) is 19.1 Å². The molecule has 2 rings (SSSR count). The Balaban J connectivity index is 2.31. The lowest BCUT2D eigenvalue weighted by molar-refractivity contribution is 0.271. The van der Waals surface area contributed by atoms with E-state index in [-0.39, 0.29) is 6.61 Å². The molecule has 1 N–H and O–H groups in total. The Morgan fingerprint density at radius 3 is 3.12 bits per heavy atom. The van der Waals surface area contributed by atoms with Gasteiger partial charge in [0.05, 0.1) is 0 Å². The number of rotatable bonds is 3. The van der Waals surface area contributed by atoms with Gasteiger partial charge in [-0.05, 0) is 19.8 Å². The first-order valence-electron chi connectivity index (χ1n) is 5.59. The monoisotopic (exact) mass is 219 g/mol. The van der Waals surface area contributed by atoms with Crippen LogP contribution in [-0.2, 0) is 6.61 Å². The van der Waals surface area contributed by atoms with E-state index in [1.165, 1.54) is 0 Å². The van der Waals surface area contributed by atoms with Crippen molar-refractivity contribution >= 4 is 5.82 Å². The maximum atomic E-state index is 9.09. The van der Waals surface area contributed by atoms with Crippen molar-refractivity contribution in [2.24, 2.45) is 0 Å². The molecule has 1 atom stereocenters. The Labute approximate surface area is 95.6 Å². The van der Waals surface area contributed by atoms with Gasteiger partial charge >= 0.3 is 0 Å². The van der Waals surface area contributed by atoms with Crippen molar-refractivity contribution in [3.63, 3.8) is 0 Å². The number of aliphatic hydroxyl groups excluding tert-OH is 1. The number of nitrogens with zero attached hydrogens (tertiary/aromatic N) is 3. The molecule has 86 valence electrons. The molecule has 0 bridgehead atoms. The lowest BCUT2D eigenvalue weighted by Gasteiger charge is -2.23. The maximum absolute atomic E-state index is 9.09. The van der Waals surface area contributed by atoms with Gasteiger partial charge in [0.25, 0.3) is 0 Å². The summed E-state index contributed by atoms with van der Waals surface area (Å²) in [6.07, 6.45) is 4.25. The molecule has 0 aromatic carbocycles. The number of hydrogen-bond acceptors (Lipinski definition) is 4. The van der Waals surface area contributed by atoms with Gasteiger partial charge in [-0.25, -0.2) is 9.97 Å². The summed E-state index contributed by atoms with van der Waals surface area (Å²) in [5.41, 5.74) is 0.892. The Bertz CT molecular complexity index is 392. The van der Waals surface area contributed by atoms with Crippen molar-refractivity contribution in [3.8, 4) is 0 Å². The van der Waals surface area contributed by atoms with Crippen LogP contribution in [0.2, 0.25) is 0 Å². The van der Waals surface area contributed by atoms with Crippen LogP contribution in [0.3, 0.4) is 0 Å². The molecule has 0 saturated carbocycles. The second kappa shape index (κ2) is 4.61. The van der Waals surface area contributed by atoms with E-state index in [4.69, 9.17) is 5.11 Å². The minimum atomic E-state index is -0.110. The standard InChI is InChI=1S/C12H17N3O/c1-3-10-5-4-6-15(10)12-7-9(2)13-11(8-16)14-12/h3,7,10,16H,1,4-6,8H2,2H3. The van der Waals surface area contributed by atoms with E-state index in [1.54, 1.807) is 0 Å². The molecule has 0 radical (unpaired) electrons.